The van der Waals surface area contributed by atoms with Crippen LogP contribution in [0.2, 0.25) is 0 Å². The molecule has 2 aliphatic rings. The third kappa shape index (κ3) is 5.76. The molecule has 9 heteroatoms. The van der Waals surface area contributed by atoms with Crippen molar-refractivity contribution in [1.82, 2.24) is 20.1 Å². The van der Waals surface area contributed by atoms with Gasteiger partial charge in [-0.1, -0.05) is 13.8 Å². The van der Waals surface area contributed by atoms with Crippen molar-refractivity contribution in [2.45, 2.75) is 66.0 Å². The van der Waals surface area contributed by atoms with E-state index in [9.17, 15) is 9.59 Å². The van der Waals surface area contributed by atoms with Gasteiger partial charge in [-0.05, 0) is 87.0 Å². The molecule has 3 aromatic heterocycles. The highest BCUT2D eigenvalue weighted by Gasteiger charge is 2.49. The summed E-state index contributed by atoms with van der Waals surface area (Å²) < 4.78 is 16.8. The summed E-state index contributed by atoms with van der Waals surface area (Å²) in [4.78, 5) is 34.0. The van der Waals surface area contributed by atoms with Gasteiger partial charge in [-0.15, -0.1) is 0 Å². The molecule has 2 fully saturated rings. The number of carbonyl (C=O) groups excluding carboxylic acids is 2. The summed E-state index contributed by atoms with van der Waals surface area (Å²) in [5.74, 6) is 0.236. The van der Waals surface area contributed by atoms with Gasteiger partial charge in [0.05, 0.1) is 5.56 Å². The molecule has 38 heavy (non-hydrogen) atoms. The predicted molar refractivity (Wildman–Crippen MR) is 142 cm³/mol. The summed E-state index contributed by atoms with van der Waals surface area (Å²) in [6, 6.07) is 6.14. The van der Waals surface area contributed by atoms with Crippen molar-refractivity contribution >= 4 is 17.6 Å². The molecule has 8 nitrogen and oxygen atoms in total. The third-order valence-electron chi connectivity index (χ3n) is 7.44. The number of aromatic nitrogens is 4. The lowest BCUT2D eigenvalue weighted by Gasteiger charge is -2.25. The first-order valence-electron chi connectivity index (χ1n) is 13.5. The van der Waals surface area contributed by atoms with E-state index in [-0.39, 0.29) is 23.6 Å². The van der Waals surface area contributed by atoms with Crippen LogP contribution in [-0.2, 0) is 11.3 Å². The van der Waals surface area contributed by atoms with E-state index in [4.69, 9.17) is 0 Å². The number of anilines is 1. The maximum atomic E-state index is 15.2. The number of H-pyrrole nitrogens is 1. The number of aromatic amines is 1. The number of pyridine rings is 2. The van der Waals surface area contributed by atoms with Crippen LogP contribution in [0.1, 0.15) is 61.3 Å². The molecule has 1 atom stereocenters. The van der Waals surface area contributed by atoms with Crippen LogP contribution < -0.4 is 15.6 Å². The van der Waals surface area contributed by atoms with Crippen molar-refractivity contribution in [3.63, 3.8) is 0 Å². The van der Waals surface area contributed by atoms with Gasteiger partial charge in [0.2, 0.25) is 0 Å². The number of aryl methyl sites for hydroxylation is 2. The lowest BCUT2D eigenvalue weighted by atomic mass is 9.88. The van der Waals surface area contributed by atoms with Gasteiger partial charge in [0.15, 0.2) is 0 Å². The van der Waals surface area contributed by atoms with E-state index in [0.29, 0.717) is 41.1 Å². The van der Waals surface area contributed by atoms with E-state index >= 15 is 4.39 Å². The zero-order valence-electron chi connectivity index (χ0n) is 22.4. The second-order valence-corrected chi connectivity index (χ2v) is 11.2. The van der Waals surface area contributed by atoms with E-state index in [1.54, 1.807) is 35.3 Å². The largest absolute Gasteiger partial charge is 0.337 e. The molecule has 2 saturated carbocycles. The molecule has 3 aromatic rings. The number of hydrogen-bond donors (Lipinski definition) is 2. The summed E-state index contributed by atoms with van der Waals surface area (Å²) in [7, 11) is 0. The third-order valence-corrected chi connectivity index (χ3v) is 7.44. The van der Waals surface area contributed by atoms with Crippen molar-refractivity contribution in [1.29, 1.82) is 0 Å². The van der Waals surface area contributed by atoms with E-state index in [1.165, 1.54) is 0 Å². The summed E-state index contributed by atoms with van der Waals surface area (Å²) in [6.45, 7) is 8.48. The maximum Gasteiger partial charge on any atom is 0.330 e. The molecule has 2 aliphatic carbocycles. The van der Waals surface area contributed by atoms with Crippen molar-refractivity contribution in [3.8, 4) is 11.1 Å². The van der Waals surface area contributed by atoms with Crippen molar-refractivity contribution in [3.05, 3.63) is 59.6 Å². The Morgan fingerprint density at radius 2 is 1.82 bits per heavy atom. The summed E-state index contributed by atoms with van der Waals surface area (Å²) in [6.07, 6.45) is 7.60. The normalized spacial score (nSPS) is 16.1. The van der Waals surface area contributed by atoms with Crippen LogP contribution in [-0.4, -0.2) is 32.6 Å². The number of carbonyl (C=O) groups is 2. The van der Waals surface area contributed by atoms with E-state index in [1.807, 2.05) is 19.9 Å². The van der Waals surface area contributed by atoms with Gasteiger partial charge in [-0.2, -0.15) is 9.49 Å². The Morgan fingerprint density at radius 3 is 2.45 bits per heavy atom. The minimum absolute atomic E-state index is 0.0607. The van der Waals surface area contributed by atoms with Crippen LogP contribution in [0.25, 0.3) is 11.1 Å². The van der Waals surface area contributed by atoms with Crippen molar-refractivity contribution in [2.75, 3.05) is 5.32 Å². The van der Waals surface area contributed by atoms with Crippen LogP contribution in [0.5, 0.6) is 0 Å². The fourth-order valence-corrected chi connectivity index (χ4v) is 5.33. The van der Waals surface area contributed by atoms with Gasteiger partial charge < -0.3 is 5.32 Å². The summed E-state index contributed by atoms with van der Waals surface area (Å²) >= 11 is 0. The van der Waals surface area contributed by atoms with Crippen LogP contribution in [0, 0.1) is 43.5 Å². The Kier molecular flexibility index (Phi) is 7.27. The van der Waals surface area contributed by atoms with Crippen LogP contribution in [0.4, 0.5) is 10.2 Å². The topological polar surface area (TPSA) is 103 Å². The molecular formula is C29H36FN6O2+. The van der Waals surface area contributed by atoms with Crippen LogP contribution in [0.3, 0.4) is 0 Å². The molecule has 0 aliphatic heterocycles. The Balaban J connectivity index is 1.38. The molecule has 2 amide bonds. The number of amides is 2. The van der Waals surface area contributed by atoms with E-state index < -0.39 is 12.0 Å². The minimum Gasteiger partial charge on any atom is -0.337 e. The fraction of sp³-hybridized carbons (Fsp3) is 0.483. The minimum atomic E-state index is -0.718. The number of nitrogens with one attached hydrogen (secondary N) is 3. The molecule has 5 rings (SSSR count). The smallest absolute Gasteiger partial charge is 0.330 e. The Bertz CT molecular complexity index is 1330. The van der Waals surface area contributed by atoms with Gasteiger partial charge >= 0.3 is 5.91 Å². The van der Waals surface area contributed by atoms with Gasteiger partial charge in [-0.3, -0.25) is 14.5 Å². The molecule has 3 N–H and O–H groups in total. The van der Waals surface area contributed by atoms with Gasteiger partial charge in [0, 0.05) is 36.3 Å². The van der Waals surface area contributed by atoms with Gasteiger partial charge in [-0.25, -0.2) is 15.1 Å². The Labute approximate surface area is 222 Å². The molecule has 0 radical (unpaired) electrons. The second-order valence-electron chi connectivity index (χ2n) is 11.2. The highest BCUT2D eigenvalue weighted by Crippen LogP contribution is 2.50. The van der Waals surface area contributed by atoms with E-state index in [2.05, 4.69) is 39.5 Å². The monoisotopic (exact) mass is 519 g/mol. The highest BCUT2D eigenvalue weighted by molar-refractivity contribution is 6.00. The van der Waals surface area contributed by atoms with Crippen molar-refractivity contribution < 1.29 is 19.0 Å². The molecule has 3 heterocycles. The predicted octanol–water partition coefficient (Wildman–Crippen LogP) is 4.34. The second kappa shape index (κ2) is 10.6. The molecule has 0 unspecified atom stereocenters. The lowest BCUT2D eigenvalue weighted by molar-refractivity contribution is -0.404. The first-order valence-corrected chi connectivity index (χ1v) is 13.5. The van der Waals surface area contributed by atoms with E-state index in [0.717, 1.165) is 36.9 Å². The van der Waals surface area contributed by atoms with Crippen LogP contribution in [0.15, 0.2) is 36.7 Å². The van der Waals surface area contributed by atoms with Crippen molar-refractivity contribution in [2.24, 2.45) is 23.7 Å². The first kappa shape index (κ1) is 26.0. The average molecular weight is 520 g/mol. The molecular weight excluding hydrogens is 483 g/mol. The molecule has 0 bridgehead atoms. The Morgan fingerprint density at radius 1 is 1.11 bits per heavy atom. The number of rotatable bonds is 10. The fourth-order valence-electron chi connectivity index (χ4n) is 5.33. The number of halogens is 1. The molecule has 0 aromatic carbocycles. The highest BCUT2D eigenvalue weighted by atomic mass is 19.1. The zero-order valence-corrected chi connectivity index (χ0v) is 22.4. The maximum absolute atomic E-state index is 15.2. The molecule has 0 spiro atoms. The molecule has 200 valence electrons. The molecule has 0 saturated heterocycles. The quantitative estimate of drug-likeness (QED) is 0.389. The number of hydrogen-bond acceptors (Lipinski definition) is 4. The number of nitrogens with zero attached hydrogens (tertiary/aromatic N) is 3. The first-order chi connectivity index (χ1) is 18.2. The zero-order chi connectivity index (χ0) is 27.0. The van der Waals surface area contributed by atoms with Gasteiger partial charge in [0.25, 0.3) is 17.7 Å². The summed E-state index contributed by atoms with van der Waals surface area (Å²) in [5.41, 5.74) is 3.17. The Hall–Kier alpha value is -3.62. The average Bonchev–Trinajstić information content (AvgIpc) is 3.80. The SMILES string of the molecule is Cc1cnc(C)c(-c2ccc(NC(=O)[C@@H](NC(=O)c3ccnn3CC(C)C)C(C3CC3)C3CC3)[nH+]c2F)c1. The summed E-state index contributed by atoms with van der Waals surface area (Å²) in [5, 5.41) is 10.2. The van der Waals surface area contributed by atoms with Gasteiger partial charge in [0.1, 0.15) is 11.7 Å². The standard InChI is InChI=1S/C29H35FN6O2/c1-16(2)15-36-23(11-12-32-36)28(37)35-26(25(19-5-6-19)20-7-8-20)29(38)34-24-10-9-21(27(30)33-24)22-13-17(3)14-31-18(22)4/h9-14,16,19-20,25-26H,5-8,15H2,1-4H3,(H,35,37)(H,33,34,38)/p+1/t26-/m0/s1. The van der Waals surface area contributed by atoms with Crippen LogP contribution >= 0.6 is 0 Å². The lowest BCUT2D eigenvalue weighted by Crippen LogP contribution is -2.50.